The smallest absolute Gasteiger partial charge is 0.411 e. The lowest BCUT2D eigenvalue weighted by atomic mass is 10.1. The van der Waals surface area contributed by atoms with Crippen molar-refractivity contribution in [3.63, 3.8) is 0 Å². The van der Waals surface area contributed by atoms with Gasteiger partial charge in [0.25, 0.3) is 0 Å². The second-order valence-electron chi connectivity index (χ2n) is 4.50. The van der Waals surface area contributed by atoms with Gasteiger partial charge in [0.05, 0.1) is 5.69 Å². The summed E-state index contributed by atoms with van der Waals surface area (Å²) in [6.45, 7) is 4.03. The van der Waals surface area contributed by atoms with Crippen molar-refractivity contribution < 1.29 is 9.53 Å². The van der Waals surface area contributed by atoms with Crippen LogP contribution in [0.3, 0.4) is 0 Å². The van der Waals surface area contributed by atoms with Gasteiger partial charge in [0.15, 0.2) is 0 Å². The van der Waals surface area contributed by atoms with E-state index in [2.05, 4.69) is 5.32 Å². The molecule has 0 aromatic heterocycles. The molecule has 0 spiro atoms. The van der Waals surface area contributed by atoms with Gasteiger partial charge < -0.3 is 4.74 Å². The second-order valence-corrected chi connectivity index (χ2v) is 4.50. The molecule has 1 N–H and O–H groups in total. The van der Waals surface area contributed by atoms with Gasteiger partial charge in [-0.15, -0.1) is 0 Å². The first-order valence-corrected chi connectivity index (χ1v) is 6.70. The number of fused-ring (bicyclic) bond motifs is 1. The predicted molar refractivity (Wildman–Crippen MR) is 78.4 cm³/mol. The molecule has 2 aromatic carbocycles. The van der Waals surface area contributed by atoms with Crippen molar-refractivity contribution in [2.24, 2.45) is 0 Å². The molecule has 0 aliphatic carbocycles. The average molecular weight is 257 g/mol. The van der Waals surface area contributed by atoms with Crippen LogP contribution in [0.25, 0.3) is 10.8 Å². The van der Waals surface area contributed by atoms with E-state index in [4.69, 9.17) is 4.74 Å². The van der Waals surface area contributed by atoms with Crippen molar-refractivity contribution in [2.45, 2.75) is 32.8 Å². The van der Waals surface area contributed by atoms with Gasteiger partial charge in [-0.2, -0.15) is 0 Å². The fourth-order valence-electron chi connectivity index (χ4n) is 2.08. The second kappa shape index (κ2) is 6.23. The van der Waals surface area contributed by atoms with Gasteiger partial charge in [-0.3, -0.25) is 5.32 Å². The molecule has 0 bridgehead atoms. The highest BCUT2D eigenvalue weighted by Gasteiger charge is 2.11. The minimum Gasteiger partial charge on any atom is -0.446 e. The van der Waals surface area contributed by atoms with E-state index in [-0.39, 0.29) is 12.2 Å². The number of hydrogen-bond donors (Lipinski definition) is 1. The minimum absolute atomic E-state index is 0.0185. The summed E-state index contributed by atoms with van der Waals surface area (Å²) in [5.74, 6) is 0. The predicted octanol–water partition coefficient (Wildman–Crippen LogP) is 4.58. The molecule has 2 aromatic rings. The maximum absolute atomic E-state index is 11.9. The molecule has 2 rings (SSSR count). The molecule has 0 aliphatic heterocycles. The zero-order chi connectivity index (χ0) is 13.7. The van der Waals surface area contributed by atoms with Crippen LogP contribution in [-0.4, -0.2) is 12.2 Å². The van der Waals surface area contributed by atoms with Crippen LogP contribution in [0.15, 0.2) is 42.5 Å². The van der Waals surface area contributed by atoms with E-state index in [1.54, 1.807) is 0 Å². The van der Waals surface area contributed by atoms with Crippen molar-refractivity contribution in [1.82, 2.24) is 0 Å². The molecule has 0 aliphatic rings. The minimum atomic E-state index is -0.384. The zero-order valence-electron chi connectivity index (χ0n) is 11.3. The van der Waals surface area contributed by atoms with Crippen LogP contribution < -0.4 is 5.32 Å². The summed E-state index contributed by atoms with van der Waals surface area (Å²) >= 11 is 0. The Morgan fingerprint density at radius 3 is 2.53 bits per heavy atom. The van der Waals surface area contributed by atoms with Crippen LogP contribution in [-0.2, 0) is 4.74 Å². The van der Waals surface area contributed by atoms with Gasteiger partial charge >= 0.3 is 6.09 Å². The van der Waals surface area contributed by atoms with Crippen LogP contribution in [0.1, 0.15) is 26.7 Å². The summed E-state index contributed by atoms with van der Waals surface area (Å²) in [7, 11) is 0. The van der Waals surface area contributed by atoms with E-state index >= 15 is 0 Å². The highest BCUT2D eigenvalue weighted by atomic mass is 16.6. The molecule has 100 valence electrons. The number of carbonyl (C=O) groups is 1. The largest absolute Gasteiger partial charge is 0.446 e. The van der Waals surface area contributed by atoms with Crippen molar-refractivity contribution in [1.29, 1.82) is 0 Å². The number of amides is 1. The fourth-order valence-corrected chi connectivity index (χ4v) is 2.08. The van der Waals surface area contributed by atoms with E-state index in [0.717, 1.165) is 29.3 Å². The van der Waals surface area contributed by atoms with Crippen LogP contribution in [0.4, 0.5) is 10.5 Å². The van der Waals surface area contributed by atoms with Crippen molar-refractivity contribution in [3.05, 3.63) is 42.5 Å². The molecule has 0 radical (unpaired) electrons. The molecule has 0 fully saturated rings. The Labute approximate surface area is 113 Å². The summed E-state index contributed by atoms with van der Waals surface area (Å²) in [6, 6.07) is 13.8. The van der Waals surface area contributed by atoms with Crippen molar-refractivity contribution in [2.75, 3.05) is 5.32 Å². The molecular formula is C16H19NO2. The molecule has 0 heterocycles. The molecule has 1 amide bonds. The normalized spacial score (nSPS) is 10.7. The topological polar surface area (TPSA) is 38.3 Å². The molecule has 0 atom stereocenters. The number of carbonyl (C=O) groups excluding carboxylic acids is 1. The van der Waals surface area contributed by atoms with Crippen LogP contribution in [0, 0.1) is 0 Å². The van der Waals surface area contributed by atoms with E-state index < -0.39 is 0 Å². The van der Waals surface area contributed by atoms with Gasteiger partial charge in [-0.1, -0.05) is 50.2 Å². The van der Waals surface area contributed by atoms with Crippen molar-refractivity contribution in [3.8, 4) is 0 Å². The van der Waals surface area contributed by atoms with Crippen LogP contribution in [0.2, 0.25) is 0 Å². The SMILES string of the molecule is CCC(CC)OC(=O)Nc1cccc2ccccc12. The highest BCUT2D eigenvalue weighted by molar-refractivity contribution is 6.00. The average Bonchev–Trinajstić information content (AvgIpc) is 2.45. The summed E-state index contributed by atoms with van der Waals surface area (Å²) in [4.78, 5) is 11.9. The molecule has 0 saturated heterocycles. The summed E-state index contributed by atoms with van der Waals surface area (Å²) in [5, 5.41) is 4.94. The van der Waals surface area contributed by atoms with E-state index in [1.807, 2.05) is 56.3 Å². The van der Waals surface area contributed by atoms with Gasteiger partial charge in [0.2, 0.25) is 0 Å². The first kappa shape index (κ1) is 13.4. The lowest BCUT2D eigenvalue weighted by Crippen LogP contribution is -2.21. The monoisotopic (exact) mass is 257 g/mol. The van der Waals surface area contributed by atoms with Gasteiger partial charge in [0.1, 0.15) is 6.10 Å². The van der Waals surface area contributed by atoms with Crippen LogP contribution >= 0.6 is 0 Å². The molecule has 0 unspecified atom stereocenters. The number of ether oxygens (including phenoxy) is 1. The Kier molecular flexibility index (Phi) is 4.39. The van der Waals surface area contributed by atoms with E-state index in [0.29, 0.717) is 0 Å². The Morgan fingerprint density at radius 2 is 1.79 bits per heavy atom. The standard InChI is InChI=1S/C16H19NO2/c1-3-13(4-2)19-16(18)17-15-11-7-9-12-8-5-6-10-14(12)15/h5-11,13H,3-4H2,1-2H3,(H,17,18). The maximum Gasteiger partial charge on any atom is 0.411 e. The number of anilines is 1. The lowest BCUT2D eigenvalue weighted by molar-refractivity contribution is 0.106. The van der Waals surface area contributed by atoms with Crippen LogP contribution in [0.5, 0.6) is 0 Å². The Morgan fingerprint density at radius 1 is 1.11 bits per heavy atom. The third-order valence-electron chi connectivity index (χ3n) is 3.21. The zero-order valence-corrected chi connectivity index (χ0v) is 11.3. The lowest BCUT2D eigenvalue weighted by Gasteiger charge is -2.15. The van der Waals surface area contributed by atoms with Gasteiger partial charge in [0, 0.05) is 5.39 Å². The van der Waals surface area contributed by atoms with E-state index in [9.17, 15) is 4.79 Å². The Hall–Kier alpha value is -2.03. The molecule has 0 saturated carbocycles. The Bertz CT molecular complexity index is 556. The quantitative estimate of drug-likeness (QED) is 0.870. The van der Waals surface area contributed by atoms with Crippen molar-refractivity contribution >= 4 is 22.6 Å². The fraction of sp³-hybridized carbons (Fsp3) is 0.312. The van der Waals surface area contributed by atoms with Gasteiger partial charge in [-0.25, -0.2) is 4.79 Å². The number of nitrogens with one attached hydrogen (secondary N) is 1. The number of hydrogen-bond acceptors (Lipinski definition) is 2. The molecule has 19 heavy (non-hydrogen) atoms. The first-order valence-electron chi connectivity index (χ1n) is 6.70. The summed E-state index contributed by atoms with van der Waals surface area (Å²) < 4.78 is 5.35. The maximum atomic E-state index is 11.9. The molecular weight excluding hydrogens is 238 g/mol. The number of benzene rings is 2. The third kappa shape index (κ3) is 3.25. The Balaban J connectivity index is 2.15. The van der Waals surface area contributed by atoms with E-state index in [1.165, 1.54) is 0 Å². The van der Waals surface area contributed by atoms with Gasteiger partial charge in [-0.05, 0) is 24.3 Å². The summed E-state index contributed by atoms with van der Waals surface area (Å²) in [5.41, 5.74) is 0.786. The highest BCUT2D eigenvalue weighted by Crippen LogP contribution is 2.23. The molecule has 3 nitrogen and oxygen atoms in total. The third-order valence-corrected chi connectivity index (χ3v) is 3.21. The number of rotatable bonds is 4. The first-order chi connectivity index (χ1) is 9.24. The summed E-state index contributed by atoms with van der Waals surface area (Å²) in [6.07, 6.45) is 1.26. The molecule has 3 heteroatoms.